The van der Waals surface area contributed by atoms with E-state index in [9.17, 15) is 10.1 Å². The van der Waals surface area contributed by atoms with Crippen molar-refractivity contribution in [3.8, 4) is 0 Å². The van der Waals surface area contributed by atoms with Crippen molar-refractivity contribution in [2.75, 3.05) is 0 Å². The zero-order chi connectivity index (χ0) is 8.97. The van der Waals surface area contributed by atoms with Crippen molar-refractivity contribution in [2.24, 2.45) is 0 Å². The molecule has 0 aliphatic rings. The summed E-state index contributed by atoms with van der Waals surface area (Å²) in [6, 6.07) is 8.68. The monoisotopic (exact) mass is 162 g/mol. The standard InChI is InChI=1S/C9H8NO2/c1-2-9(10(11)12)8-6-4-3-5-7-8/h2-7H,1H2/b9-2-. The van der Waals surface area contributed by atoms with E-state index in [0.717, 1.165) is 0 Å². The van der Waals surface area contributed by atoms with Gasteiger partial charge in [0.1, 0.15) is 0 Å². The Hall–Kier alpha value is -1.64. The molecule has 0 N–H and O–H groups in total. The summed E-state index contributed by atoms with van der Waals surface area (Å²) >= 11 is 0. The van der Waals surface area contributed by atoms with Crippen LogP contribution in [0.5, 0.6) is 0 Å². The minimum atomic E-state index is -0.442. The first kappa shape index (κ1) is 8.46. The first-order valence-corrected chi connectivity index (χ1v) is 3.45. The van der Waals surface area contributed by atoms with Gasteiger partial charge < -0.3 is 0 Å². The molecular formula is C9H8NO2. The number of nitro groups is 1. The molecule has 12 heavy (non-hydrogen) atoms. The Morgan fingerprint density at radius 2 is 2.00 bits per heavy atom. The Labute approximate surface area is 70.5 Å². The predicted octanol–water partition coefficient (Wildman–Crippen LogP) is 2.14. The van der Waals surface area contributed by atoms with E-state index in [1.54, 1.807) is 24.3 Å². The molecule has 61 valence electrons. The van der Waals surface area contributed by atoms with Gasteiger partial charge in [-0.05, 0) is 25.1 Å². The second-order valence-electron chi connectivity index (χ2n) is 2.21. The largest absolute Gasteiger partial charge is 0.272 e. The molecule has 1 rings (SSSR count). The molecule has 0 aromatic heterocycles. The van der Waals surface area contributed by atoms with Crippen molar-refractivity contribution in [3.63, 3.8) is 0 Å². The maximum Gasteiger partial charge on any atom is 0.272 e. The highest BCUT2D eigenvalue weighted by molar-refractivity contribution is 5.58. The van der Waals surface area contributed by atoms with Crippen LogP contribution in [0, 0.1) is 17.0 Å². The highest BCUT2D eigenvalue weighted by atomic mass is 16.6. The summed E-state index contributed by atoms with van der Waals surface area (Å²) in [5.41, 5.74) is 0.619. The Balaban J connectivity index is 3.05. The molecule has 0 aliphatic heterocycles. The van der Waals surface area contributed by atoms with Gasteiger partial charge in [0, 0.05) is 0 Å². The van der Waals surface area contributed by atoms with Gasteiger partial charge in [0.15, 0.2) is 0 Å². The van der Waals surface area contributed by atoms with Crippen LogP contribution in [-0.4, -0.2) is 4.92 Å². The molecule has 1 aromatic rings. The van der Waals surface area contributed by atoms with Crippen LogP contribution < -0.4 is 0 Å². The van der Waals surface area contributed by atoms with Gasteiger partial charge in [-0.25, -0.2) is 0 Å². The maximum atomic E-state index is 10.4. The maximum absolute atomic E-state index is 10.4. The molecule has 0 fully saturated rings. The number of hydrogen-bond acceptors (Lipinski definition) is 2. The average molecular weight is 162 g/mol. The lowest BCUT2D eigenvalue weighted by Crippen LogP contribution is -1.96. The molecule has 0 spiro atoms. The molecule has 0 saturated carbocycles. The summed E-state index contributed by atoms with van der Waals surface area (Å²) in [6.07, 6.45) is 1.25. The Bertz CT molecular complexity index is 304. The van der Waals surface area contributed by atoms with Crippen LogP contribution in [0.2, 0.25) is 0 Å². The van der Waals surface area contributed by atoms with Gasteiger partial charge in [-0.1, -0.05) is 18.2 Å². The lowest BCUT2D eigenvalue weighted by Gasteiger charge is -1.95. The average Bonchev–Trinajstić information content (AvgIpc) is 2.07. The number of allylic oxidation sites excluding steroid dienone is 1. The molecule has 0 saturated heterocycles. The second kappa shape index (κ2) is 3.67. The van der Waals surface area contributed by atoms with E-state index in [1.807, 2.05) is 6.07 Å². The Morgan fingerprint density at radius 1 is 1.42 bits per heavy atom. The summed E-state index contributed by atoms with van der Waals surface area (Å²) in [5, 5.41) is 10.4. The van der Waals surface area contributed by atoms with E-state index in [0.29, 0.717) is 5.56 Å². The number of nitrogens with zero attached hydrogens (tertiary/aromatic N) is 1. The van der Waals surface area contributed by atoms with Crippen molar-refractivity contribution in [1.29, 1.82) is 0 Å². The molecule has 3 nitrogen and oxygen atoms in total. The van der Waals surface area contributed by atoms with Gasteiger partial charge >= 0.3 is 0 Å². The van der Waals surface area contributed by atoms with Gasteiger partial charge in [0.2, 0.25) is 0 Å². The normalized spacial score (nSPS) is 11.2. The third-order valence-electron chi connectivity index (χ3n) is 1.46. The summed E-state index contributed by atoms with van der Waals surface area (Å²) in [5.74, 6) is 0. The summed E-state index contributed by atoms with van der Waals surface area (Å²) in [6.45, 7) is 3.38. The molecule has 1 radical (unpaired) electrons. The lowest BCUT2D eigenvalue weighted by atomic mass is 10.1. The molecule has 0 bridgehead atoms. The Morgan fingerprint density at radius 3 is 2.42 bits per heavy atom. The van der Waals surface area contributed by atoms with Gasteiger partial charge in [0.05, 0.1) is 10.5 Å². The van der Waals surface area contributed by atoms with Crippen LogP contribution in [0.1, 0.15) is 5.56 Å². The first-order chi connectivity index (χ1) is 5.75. The Kier molecular flexibility index (Phi) is 2.58. The number of rotatable bonds is 2. The number of benzene rings is 1. The summed E-state index contributed by atoms with van der Waals surface area (Å²) in [7, 11) is 0. The fourth-order valence-electron chi connectivity index (χ4n) is 0.907. The minimum Gasteiger partial charge on any atom is -0.258 e. The molecule has 0 atom stereocenters. The van der Waals surface area contributed by atoms with E-state index in [4.69, 9.17) is 0 Å². The first-order valence-electron chi connectivity index (χ1n) is 3.45. The smallest absolute Gasteiger partial charge is 0.258 e. The van der Waals surface area contributed by atoms with Crippen molar-refractivity contribution < 1.29 is 4.92 Å². The van der Waals surface area contributed by atoms with Gasteiger partial charge in [-0.2, -0.15) is 0 Å². The third-order valence-corrected chi connectivity index (χ3v) is 1.46. The van der Waals surface area contributed by atoms with Crippen LogP contribution in [0.15, 0.2) is 36.4 Å². The molecule has 0 amide bonds. The molecule has 0 unspecified atom stereocenters. The molecule has 0 aliphatic carbocycles. The second-order valence-corrected chi connectivity index (χ2v) is 2.21. The van der Waals surface area contributed by atoms with E-state index < -0.39 is 4.92 Å². The van der Waals surface area contributed by atoms with Gasteiger partial charge in [0.25, 0.3) is 5.70 Å². The van der Waals surface area contributed by atoms with Crippen molar-refractivity contribution in [3.05, 3.63) is 59.0 Å². The summed E-state index contributed by atoms with van der Waals surface area (Å²) in [4.78, 5) is 9.99. The molecule has 0 heterocycles. The van der Waals surface area contributed by atoms with Gasteiger partial charge in [-0.3, -0.25) is 10.1 Å². The SMILES string of the molecule is [CH2]/C=C(/c1ccccc1)[N+](=O)[O-]. The molecule has 3 heteroatoms. The minimum absolute atomic E-state index is 0.0376. The highest BCUT2D eigenvalue weighted by Crippen LogP contribution is 2.13. The van der Waals surface area contributed by atoms with Crippen molar-refractivity contribution in [2.45, 2.75) is 0 Å². The van der Waals surface area contributed by atoms with Gasteiger partial charge in [-0.15, -0.1) is 0 Å². The molecular weight excluding hydrogens is 154 g/mol. The van der Waals surface area contributed by atoms with Crippen molar-refractivity contribution in [1.82, 2.24) is 0 Å². The van der Waals surface area contributed by atoms with Crippen molar-refractivity contribution >= 4 is 5.70 Å². The van der Waals surface area contributed by atoms with Crippen LogP contribution in [0.4, 0.5) is 0 Å². The third kappa shape index (κ3) is 1.69. The quantitative estimate of drug-likeness (QED) is 0.494. The zero-order valence-electron chi connectivity index (χ0n) is 6.43. The summed E-state index contributed by atoms with van der Waals surface area (Å²) < 4.78 is 0. The topological polar surface area (TPSA) is 43.1 Å². The predicted molar refractivity (Wildman–Crippen MR) is 46.8 cm³/mol. The van der Waals surface area contributed by atoms with E-state index in [-0.39, 0.29) is 5.70 Å². The van der Waals surface area contributed by atoms with Crippen LogP contribution in [0.3, 0.4) is 0 Å². The fraction of sp³-hybridized carbons (Fsp3) is 0. The number of hydrogen-bond donors (Lipinski definition) is 0. The zero-order valence-corrected chi connectivity index (χ0v) is 6.43. The van der Waals surface area contributed by atoms with Crippen LogP contribution in [-0.2, 0) is 0 Å². The fourth-order valence-corrected chi connectivity index (χ4v) is 0.907. The lowest BCUT2D eigenvalue weighted by molar-refractivity contribution is -0.375. The van der Waals surface area contributed by atoms with E-state index >= 15 is 0 Å². The van der Waals surface area contributed by atoms with E-state index in [2.05, 4.69) is 6.92 Å². The molecule has 1 aromatic carbocycles. The van der Waals surface area contributed by atoms with E-state index in [1.165, 1.54) is 6.08 Å². The van der Waals surface area contributed by atoms with Crippen LogP contribution >= 0.6 is 0 Å². The van der Waals surface area contributed by atoms with Crippen LogP contribution in [0.25, 0.3) is 5.70 Å². The highest BCUT2D eigenvalue weighted by Gasteiger charge is 2.10.